The summed E-state index contributed by atoms with van der Waals surface area (Å²) in [4.78, 5) is 35.9. The number of alkyl halides is 3. The second kappa shape index (κ2) is 12.8. The zero-order valence-electron chi connectivity index (χ0n) is 20.1. The van der Waals surface area contributed by atoms with Crippen molar-refractivity contribution in [1.82, 2.24) is 10.3 Å². The molecular weight excluding hydrogens is 562 g/mol. The molecule has 4 N–H and O–H groups in total. The summed E-state index contributed by atoms with van der Waals surface area (Å²) in [6, 6.07) is 14.0. The van der Waals surface area contributed by atoms with Gasteiger partial charge in [-0.25, -0.2) is 5.84 Å². The van der Waals surface area contributed by atoms with Crippen LogP contribution in [0, 0.1) is 0 Å². The Balaban J connectivity index is 1.79. The molecule has 3 aromatic rings. The van der Waals surface area contributed by atoms with Crippen LogP contribution in [0.25, 0.3) is 0 Å². The molecular formula is C26H22Cl2F3N3O5. The highest BCUT2D eigenvalue weighted by Gasteiger charge is 2.31. The van der Waals surface area contributed by atoms with Crippen LogP contribution >= 0.6 is 23.2 Å². The van der Waals surface area contributed by atoms with E-state index in [-0.39, 0.29) is 42.6 Å². The molecule has 0 saturated heterocycles. The van der Waals surface area contributed by atoms with Gasteiger partial charge in [-0.05, 0) is 71.6 Å². The second-order valence-corrected chi connectivity index (χ2v) is 9.22. The summed E-state index contributed by atoms with van der Waals surface area (Å²) in [5, 5.41) is 12.6. The third kappa shape index (κ3) is 9.17. The lowest BCUT2D eigenvalue weighted by Gasteiger charge is -2.20. The number of nitrogens with zero attached hydrogens (tertiary/aromatic N) is 1. The van der Waals surface area contributed by atoms with E-state index in [1.165, 1.54) is 24.3 Å². The minimum absolute atomic E-state index is 0.00986. The van der Waals surface area contributed by atoms with E-state index in [9.17, 15) is 27.6 Å². The number of nitrogens with one attached hydrogen (secondary N) is 1. The van der Waals surface area contributed by atoms with Gasteiger partial charge in [0.25, 0.3) is 11.8 Å². The number of benzene rings is 3. The molecule has 0 unspecified atom stereocenters. The van der Waals surface area contributed by atoms with Crippen LogP contribution in [0.4, 0.5) is 13.2 Å². The highest BCUT2D eigenvalue weighted by Crippen LogP contribution is 2.28. The number of rotatable bonds is 10. The fourth-order valence-corrected chi connectivity index (χ4v) is 4.20. The molecule has 3 aromatic carbocycles. The number of hydrogen-bond donors (Lipinski definition) is 3. The molecule has 13 heteroatoms. The SMILES string of the molecule is NN(Cc1ccc(C(=O)NCCC(=O)O)cc1)C(=O)c1ccc(OC(F)(F)F)cc1Cc1cc(Cl)cc(Cl)c1. The number of carbonyl (C=O) groups excluding carboxylic acids is 2. The van der Waals surface area contributed by atoms with Crippen LogP contribution in [-0.2, 0) is 17.8 Å². The summed E-state index contributed by atoms with van der Waals surface area (Å²) in [5.74, 6) is 3.33. The van der Waals surface area contributed by atoms with Gasteiger partial charge < -0.3 is 15.2 Å². The molecule has 0 radical (unpaired) electrons. The van der Waals surface area contributed by atoms with E-state index in [4.69, 9.17) is 34.2 Å². The monoisotopic (exact) mass is 583 g/mol. The van der Waals surface area contributed by atoms with E-state index < -0.39 is 29.9 Å². The van der Waals surface area contributed by atoms with Gasteiger partial charge in [-0.2, -0.15) is 0 Å². The number of carboxylic acid groups (broad SMARTS) is 1. The summed E-state index contributed by atoms with van der Waals surface area (Å²) >= 11 is 12.1. The van der Waals surface area contributed by atoms with E-state index in [0.717, 1.165) is 17.1 Å². The van der Waals surface area contributed by atoms with Gasteiger partial charge in [-0.1, -0.05) is 35.3 Å². The van der Waals surface area contributed by atoms with Gasteiger partial charge in [0.2, 0.25) is 0 Å². The van der Waals surface area contributed by atoms with Crippen molar-refractivity contribution in [1.29, 1.82) is 0 Å². The van der Waals surface area contributed by atoms with Crippen LogP contribution in [-0.4, -0.2) is 40.8 Å². The Labute approximate surface area is 231 Å². The number of nitrogens with two attached hydrogens (primary N) is 1. The lowest BCUT2D eigenvalue weighted by Crippen LogP contribution is -2.37. The molecule has 0 saturated carbocycles. The topological polar surface area (TPSA) is 122 Å². The van der Waals surface area contributed by atoms with Crippen LogP contribution in [0.1, 0.15) is 43.8 Å². The maximum absolute atomic E-state index is 13.2. The van der Waals surface area contributed by atoms with E-state index in [1.807, 2.05) is 0 Å². The maximum Gasteiger partial charge on any atom is 0.573 e. The van der Waals surface area contributed by atoms with Gasteiger partial charge in [0.05, 0.1) is 13.0 Å². The van der Waals surface area contributed by atoms with Crippen molar-refractivity contribution in [3.63, 3.8) is 0 Å². The molecule has 0 spiro atoms. The summed E-state index contributed by atoms with van der Waals surface area (Å²) < 4.78 is 42.4. The predicted octanol–water partition coefficient (Wildman–Crippen LogP) is 5.20. The van der Waals surface area contributed by atoms with Crippen LogP contribution < -0.4 is 15.9 Å². The quantitative estimate of drug-likeness (QED) is 0.171. The number of amides is 2. The van der Waals surface area contributed by atoms with Crippen molar-refractivity contribution in [2.45, 2.75) is 25.7 Å². The van der Waals surface area contributed by atoms with Crippen molar-refractivity contribution in [2.24, 2.45) is 5.84 Å². The lowest BCUT2D eigenvalue weighted by molar-refractivity contribution is -0.274. The fourth-order valence-electron chi connectivity index (χ4n) is 3.62. The van der Waals surface area contributed by atoms with Gasteiger partial charge in [-0.15, -0.1) is 13.2 Å². The molecule has 0 aliphatic carbocycles. The molecule has 3 rings (SSSR count). The van der Waals surface area contributed by atoms with E-state index in [1.54, 1.807) is 24.3 Å². The summed E-state index contributed by atoms with van der Waals surface area (Å²) in [6.45, 7) is -0.111. The van der Waals surface area contributed by atoms with Crippen molar-refractivity contribution in [2.75, 3.05) is 6.54 Å². The summed E-state index contributed by atoms with van der Waals surface area (Å²) in [7, 11) is 0. The first kappa shape index (κ1) is 29.8. The highest BCUT2D eigenvalue weighted by atomic mass is 35.5. The van der Waals surface area contributed by atoms with E-state index in [0.29, 0.717) is 21.2 Å². The van der Waals surface area contributed by atoms with Gasteiger partial charge in [-0.3, -0.25) is 19.4 Å². The molecule has 8 nitrogen and oxygen atoms in total. The zero-order chi connectivity index (χ0) is 28.7. The van der Waals surface area contributed by atoms with Gasteiger partial charge >= 0.3 is 12.3 Å². The van der Waals surface area contributed by atoms with Crippen LogP contribution in [0.3, 0.4) is 0 Å². The Hall–Kier alpha value is -3.80. The molecule has 39 heavy (non-hydrogen) atoms. The van der Waals surface area contributed by atoms with Gasteiger partial charge in [0, 0.05) is 27.7 Å². The number of halogens is 5. The minimum Gasteiger partial charge on any atom is -0.481 e. The first-order chi connectivity index (χ1) is 18.3. The summed E-state index contributed by atoms with van der Waals surface area (Å²) in [6.07, 6.45) is -5.14. The smallest absolute Gasteiger partial charge is 0.481 e. The minimum atomic E-state index is -4.93. The third-order valence-corrected chi connectivity index (χ3v) is 5.75. The van der Waals surface area contributed by atoms with Gasteiger partial charge in [0.15, 0.2) is 0 Å². The largest absolute Gasteiger partial charge is 0.573 e. The lowest BCUT2D eigenvalue weighted by atomic mass is 9.98. The molecule has 206 valence electrons. The number of carboxylic acids is 1. The maximum atomic E-state index is 13.2. The Morgan fingerprint density at radius 3 is 2.18 bits per heavy atom. The average Bonchev–Trinajstić information content (AvgIpc) is 2.82. The van der Waals surface area contributed by atoms with E-state index in [2.05, 4.69) is 10.1 Å². The molecule has 0 heterocycles. The molecule has 0 aliphatic heterocycles. The average molecular weight is 584 g/mol. The fraction of sp³-hybridized carbons (Fsp3) is 0.192. The van der Waals surface area contributed by atoms with Crippen molar-refractivity contribution >= 4 is 41.0 Å². The number of aliphatic carboxylic acids is 1. The first-order valence-corrected chi connectivity index (χ1v) is 12.1. The highest BCUT2D eigenvalue weighted by molar-refractivity contribution is 6.34. The molecule has 0 fully saturated rings. The predicted molar refractivity (Wildman–Crippen MR) is 137 cm³/mol. The Morgan fingerprint density at radius 1 is 0.949 bits per heavy atom. The number of carbonyl (C=O) groups is 3. The van der Waals surface area contributed by atoms with Crippen LogP contribution in [0.5, 0.6) is 5.75 Å². The number of hydrogen-bond acceptors (Lipinski definition) is 5. The van der Waals surface area contributed by atoms with Crippen molar-refractivity contribution in [3.05, 3.63) is 98.5 Å². The number of hydrazine groups is 1. The van der Waals surface area contributed by atoms with Crippen molar-refractivity contribution in [3.8, 4) is 5.75 Å². The standard InChI is InChI=1S/C26H22Cl2F3N3O5/c27-19-10-16(11-20(28)13-19)9-18-12-21(39-26(29,30)31)5-6-22(18)25(38)34(32)14-15-1-3-17(4-2-15)24(37)33-8-7-23(35)36/h1-6,10-13H,7-9,14,32H2,(H,33,37)(H,35,36). The molecule has 2 amide bonds. The Kier molecular flexibility index (Phi) is 9.79. The Bertz CT molecular complexity index is 1350. The molecule has 0 atom stereocenters. The summed E-state index contributed by atoms with van der Waals surface area (Å²) in [5.41, 5.74) is 1.63. The molecule has 0 bridgehead atoms. The van der Waals surface area contributed by atoms with Crippen molar-refractivity contribution < 1.29 is 37.4 Å². The molecule has 0 aliphatic rings. The van der Waals surface area contributed by atoms with Gasteiger partial charge in [0.1, 0.15) is 5.75 Å². The zero-order valence-corrected chi connectivity index (χ0v) is 21.6. The first-order valence-electron chi connectivity index (χ1n) is 11.3. The second-order valence-electron chi connectivity index (χ2n) is 8.35. The Morgan fingerprint density at radius 2 is 1.59 bits per heavy atom. The molecule has 0 aromatic heterocycles. The third-order valence-electron chi connectivity index (χ3n) is 5.31. The number of ether oxygens (including phenoxy) is 1. The van der Waals surface area contributed by atoms with E-state index >= 15 is 0 Å². The normalized spacial score (nSPS) is 11.1. The van der Waals surface area contributed by atoms with Crippen LogP contribution in [0.2, 0.25) is 10.0 Å². The van der Waals surface area contributed by atoms with Crippen LogP contribution in [0.15, 0.2) is 60.7 Å².